The predicted molar refractivity (Wildman–Crippen MR) is 85.3 cm³/mol. The summed E-state index contributed by atoms with van der Waals surface area (Å²) >= 11 is 1.42. The topological polar surface area (TPSA) is 66.5 Å². The monoisotopic (exact) mass is 301 g/mol. The molecule has 1 aromatic carbocycles. The summed E-state index contributed by atoms with van der Waals surface area (Å²) < 4.78 is 2.04. The Morgan fingerprint density at radius 1 is 1.33 bits per heavy atom. The molecular weight excluding hydrogens is 282 g/mol. The first-order chi connectivity index (χ1) is 10.2. The number of nitrogens with zero attached hydrogens (tertiary/aromatic N) is 4. The molecule has 0 saturated heterocycles. The zero-order chi connectivity index (χ0) is 15.2. The molecule has 1 aromatic heterocycles. The quantitative estimate of drug-likeness (QED) is 0.830. The summed E-state index contributed by atoms with van der Waals surface area (Å²) in [5, 5.41) is 21.2. The number of hydrogen-bond acceptors (Lipinski definition) is 5. The van der Waals surface area contributed by atoms with E-state index < -0.39 is 0 Å². The van der Waals surface area contributed by atoms with Gasteiger partial charge in [-0.1, -0.05) is 29.5 Å². The molecule has 0 aliphatic rings. The lowest BCUT2D eigenvalue weighted by Gasteiger charge is -2.11. The Balaban J connectivity index is 2.09. The molecule has 0 aliphatic heterocycles. The summed E-state index contributed by atoms with van der Waals surface area (Å²) in [4.78, 5) is 0. The van der Waals surface area contributed by atoms with E-state index in [4.69, 9.17) is 5.26 Å². The Morgan fingerprint density at radius 2 is 2.14 bits per heavy atom. The summed E-state index contributed by atoms with van der Waals surface area (Å²) in [7, 11) is 0. The van der Waals surface area contributed by atoms with Crippen LogP contribution >= 0.6 is 11.8 Å². The minimum absolute atomic E-state index is 0.392. The van der Waals surface area contributed by atoms with Gasteiger partial charge in [0.05, 0.1) is 18.4 Å². The molecule has 2 rings (SSSR count). The number of nitrogens with one attached hydrogen (secondary N) is 1. The van der Waals surface area contributed by atoms with Gasteiger partial charge in [0.2, 0.25) is 0 Å². The SMILES string of the molecule is CCn1c(CNc2ccc(C)cc2C)nnc1SCC#N. The van der Waals surface area contributed by atoms with Crippen LogP contribution in [0, 0.1) is 25.2 Å². The van der Waals surface area contributed by atoms with Crippen LogP contribution in [0.2, 0.25) is 0 Å². The van der Waals surface area contributed by atoms with E-state index in [2.05, 4.69) is 60.6 Å². The Kier molecular flexibility index (Phi) is 5.23. The third-order valence-electron chi connectivity index (χ3n) is 3.19. The molecule has 2 aromatic rings. The molecule has 0 unspecified atom stereocenters. The van der Waals surface area contributed by atoms with Crippen molar-refractivity contribution in [2.24, 2.45) is 0 Å². The Morgan fingerprint density at radius 3 is 2.81 bits per heavy atom. The van der Waals surface area contributed by atoms with Crippen molar-refractivity contribution in [3.8, 4) is 6.07 Å². The summed E-state index contributed by atoms with van der Waals surface area (Å²) in [6, 6.07) is 8.44. The van der Waals surface area contributed by atoms with Crippen LogP contribution in [0.4, 0.5) is 5.69 Å². The fourth-order valence-corrected chi connectivity index (χ4v) is 2.84. The van der Waals surface area contributed by atoms with Crippen molar-refractivity contribution in [3.05, 3.63) is 35.2 Å². The summed E-state index contributed by atoms with van der Waals surface area (Å²) in [6.45, 7) is 7.65. The summed E-state index contributed by atoms with van der Waals surface area (Å²) in [6.07, 6.45) is 0. The number of aryl methyl sites for hydroxylation is 2. The lowest BCUT2D eigenvalue weighted by molar-refractivity contribution is 0.649. The third kappa shape index (κ3) is 3.76. The van der Waals surface area contributed by atoms with Gasteiger partial charge in [0.25, 0.3) is 0 Å². The molecule has 5 nitrogen and oxygen atoms in total. The summed E-state index contributed by atoms with van der Waals surface area (Å²) in [5.41, 5.74) is 3.58. The van der Waals surface area contributed by atoms with Crippen LogP contribution in [0.5, 0.6) is 0 Å². The highest BCUT2D eigenvalue weighted by Crippen LogP contribution is 2.19. The first-order valence-electron chi connectivity index (χ1n) is 6.88. The molecule has 0 bridgehead atoms. The fourth-order valence-electron chi connectivity index (χ4n) is 2.16. The number of rotatable bonds is 6. The lowest BCUT2D eigenvalue weighted by Crippen LogP contribution is -2.09. The van der Waals surface area contributed by atoms with Crippen LogP contribution < -0.4 is 5.32 Å². The van der Waals surface area contributed by atoms with Gasteiger partial charge >= 0.3 is 0 Å². The number of hydrogen-bond donors (Lipinski definition) is 1. The molecule has 0 saturated carbocycles. The van der Waals surface area contributed by atoms with Gasteiger partial charge in [-0.15, -0.1) is 10.2 Å². The van der Waals surface area contributed by atoms with Crippen molar-refractivity contribution >= 4 is 17.4 Å². The Labute approximate surface area is 129 Å². The first-order valence-corrected chi connectivity index (χ1v) is 7.87. The van der Waals surface area contributed by atoms with Crippen LogP contribution in [-0.2, 0) is 13.1 Å². The van der Waals surface area contributed by atoms with Gasteiger partial charge in [0.1, 0.15) is 0 Å². The highest BCUT2D eigenvalue weighted by Gasteiger charge is 2.11. The summed E-state index contributed by atoms with van der Waals surface area (Å²) in [5.74, 6) is 1.28. The zero-order valence-corrected chi connectivity index (χ0v) is 13.4. The van der Waals surface area contributed by atoms with Gasteiger partial charge in [-0.2, -0.15) is 5.26 Å². The molecule has 21 heavy (non-hydrogen) atoms. The predicted octanol–water partition coefficient (Wildman–Crippen LogP) is 3.14. The van der Waals surface area contributed by atoms with Crippen molar-refractivity contribution < 1.29 is 0 Å². The van der Waals surface area contributed by atoms with Gasteiger partial charge < -0.3 is 9.88 Å². The molecule has 0 aliphatic carbocycles. The number of nitriles is 1. The van der Waals surface area contributed by atoms with E-state index in [-0.39, 0.29) is 0 Å². The fraction of sp³-hybridized carbons (Fsp3) is 0.400. The van der Waals surface area contributed by atoms with E-state index in [1.807, 2.05) is 4.57 Å². The second-order valence-electron chi connectivity index (χ2n) is 4.76. The van der Waals surface area contributed by atoms with Gasteiger partial charge in [-0.05, 0) is 32.4 Å². The van der Waals surface area contributed by atoms with Crippen molar-refractivity contribution in [3.63, 3.8) is 0 Å². The highest BCUT2D eigenvalue weighted by molar-refractivity contribution is 7.99. The molecule has 1 N–H and O–H groups in total. The smallest absolute Gasteiger partial charge is 0.192 e. The number of aromatic nitrogens is 3. The van der Waals surface area contributed by atoms with Gasteiger partial charge in [-0.25, -0.2) is 0 Å². The molecular formula is C15H19N5S. The molecule has 0 fully saturated rings. The Hall–Kier alpha value is -2.00. The molecule has 0 radical (unpaired) electrons. The van der Waals surface area contributed by atoms with Crippen LogP contribution in [0.25, 0.3) is 0 Å². The minimum Gasteiger partial charge on any atom is -0.378 e. The van der Waals surface area contributed by atoms with Gasteiger partial charge in [-0.3, -0.25) is 0 Å². The maximum Gasteiger partial charge on any atom is 0.192 e. The second-order valence-corrected chi connectivity index (χ2v) is 5.70. The largest absolute Gasteiger partial charge is 0.378 e. The van der Waals surface area contributed by atoms with Gasteiger partial charge in [0, 0.05) is 12.2 Å². The second kappa shape index (κ2) is 7.14. The standard InChI is InChI=1S/C15H19N5S/c1-4-20-14(18-19-15(20)21-8-7-16)10-17-13-6-5-11(2)9-12(13)3/h5-6,9,17H,4,8,10H2,1-3H3. The van der Waals surface area contributed by atoms with Gasteiger partial charge in [0.15, 0.2) is 11.0 Å². The zero-order valence-electron chi connectivity index (χ0n) is 12.6. The Bertz CT molecular complexity index is 657. The van der Waals surface area contributed by atoms with Crippen molar-refractivity contribution in [2.75, 3.05) is 11.1 Å². The van der Waals surface area contributed by atoms with E-state index in [1.165, 1.54) is 22.9 Å². The first kappa shape index (κ1) is 15.4. The molecule has 0 atom stereocenters. The van der Waals surface area contributed by atoms with E-state index in [0.29, 0.717) is 12.3 Å². The normalized spacial score (nSPS) is 10.4. The highest BCUT2D eigenvalue weighted by atomic mass is 32.2. The minimum atomic E-state index is 0.392. The van der Waals surface area contributed by atoms with E-state index in [1.54, 1.807) is 0 Å². The molecule has 0 spiro atoms. The van der Waals surface area contributed by atoms with Crippen molar-refractivity contribution in [1.82, 2.24) is 14.8 Å². The molecule has 0 amide bonds. The van der Waals surface area contributed by atoms with Crippen LogP contribution in [0.15, 0.2) is 23.4 Å². The average Bonchev–Trinajstić information content (AvgIpc) is 2.86. The maximum atomic E-state index is 8.66. The molecule has 1 heterocycles. The van der Waals surface area contributed by atoms with Crippen LogP contribution in [-0.4, -0.2) is 20.5 Å². The molecule has 6 heteroatoms. The average molecular weight is 301 g/mol. The number of benzene rings is 1. The van der Waals surface area contributed by atoms with E-state index in [9.17, 15) is 0 Å². The number of thioether (sulfide) groups is 1. The lowest BCUT2D eigenvalue weighted by atomic mass is 10.1. The number of anilines is 1. The van der Waals surface area contributed by atoms with E-state index in [0.717, 1.165) is 23.2 Å². The third-order valence-corrected chi connectivity index (χ3v) is 4.03. The molecule has 110 valence electrons. The van der Waals surface area contributed by atoms with Crippen LogP contribution in [0.1, 0.15) is 23.9 Å². The van der Waals surface area contributed by atoms with Crippen LogP contribution in [0.3, 0.4) is 0 Å². The van der Waals surface area contributed by atoms with E-state index >= 15 is 0 Å². The van der Waals surface area contributed by atoms with Crippen molar-refractivity contribution in [1.29, 1.82) is 5.26 Å². The van der Waals surface area contributed by atoms with Crippen molar-refractivity contribution in [2.45, 2.75) is 39.0 Å². The maximum absolute atomic E-state index is 8.66.